The third kappa shape index (κ3) is 6.89. The van der Waals surface area contributed by atoms with Crippen LogP contribution in [-0.2, 0) is 20.1 Å². The first-order chi connectivity index (χ1) is 17.9. The molecule has 0 unspecified atom stereocenters. The maximum Gasteiger partial charge on any atom is 3.00 e. The molecule has 2 heterocycles. The van der Waals surface area contributed by atoms with Crippen molar-refractivity contribution in [3.8, 4) is 45.0 Å². The number of aromatic amines is 2. The number of H-pyrrole nitrogens is 2. The summed E-state index contributed by atoms with van der Waals surface area (Å²) in [5.74, 6) is 0. The average Bonchev–Trinajstić information content (AvgIpc) is 2.99. The van der Waals surface area contributed by atoms with Crippen molar-refractivity contribution in [2.75, 3.05) is 0 Å². The summed E-state index contributed by atoms with van der Waals surface area (Å²) in [5.41, 5.74) is 8.69. The third-order valence-corrected chi connectivity index (χ3v) is 5.72. The Morgan fingerprint density at radius 3 is 1.00 bits per heavy atom. The molecule has 5 heteroatoms. The molecule has 0 atom stereocenters. The number of rotatable bonds is 4. The van der Waals surface area contributed by atoms with Crippen molar-refractivity contribution in [3.05, 3.63) is 146 Å². The van der Waals surface area contributed by atoms with E-state index in [-0.39, 0.29) is 20.1 Å². The molecule has 0 amide bonds. The zero-order chi connectivity index (χ0) is 24.4. The molecule has 0 saturated carbocycles. The molecule has 0 aliphatic heterocycles. The van der Waals surface area contributed by atoms with Gasteiger partial charge < -0.3 is 0 Å². The molecule has 0 spiro atoms. The number of aromatic nitrogens is 4. The molecule has 178 valence electrons. The number of nitrogens with zero attached hydrogens (tertiary/aromatic N) is 2. The van der Waals surface area contributed by atoms with Crippen LogP contribution in [0, 0.1) is 0 Å². The van der Waals surface area contributed by atoms with Crippen LogP contribution in [0.5, 0.6) is 0 Å². The minimum absolute atomic E-state index is 0. The zero-order valence-electron chi connectivity index (χ0n) is 20.1. The minimum atomic E-state index is 0. The van der Waals surface area contributed by atoms with Gasteiger partial charge in [-0.25, -0.2) is 9.97 Å². The van der Waals surface area contributed by atoms with Gasteiger partial charge in [-0.05, 0) is 9.97 Å². The van der Waals surface area contributed by atoms with Crippen LogP contribution in [0.25, 0.3) is 45.0 Å². The molecule has 0 aliphatic rings. The Hall–Kier alpha value is -4.31. The molecule has 0 bridgehead atoms. The summed E-state index contributed by atoms with van der Waals surface area (Å²) in [7, 11) is 0. The number of hydrogen-bond acceptors (Lipinski definition) is 2. The second-order valence-corrected chi connectivity index (χ2v) is 8.16. The summed E-state index contributed by atoms with van der Waals surface area (Å²) in [5, 5.41) is 0. The van der Waals surface area contributed by atoms with Crippen LogP contribution < -0.4 is 9.97 Å². The van der Waals surface area contributed by atoms with Crippen molar-refractivity contribution in [1.82, 2.24) is 9.97 Å². The Balaban J connectivity index is 0.000000168. The maximum atomic E-state index is 4.38. The fourth-order valence-corrected chi connectivity index (χ4v) is 3.88. The van der Waals surface area contributed by atoms with E-state index in [1.807, 2.05) is 72.8 Å². The van der Waals surface area contributed by atoms with Crippen molar-refractivity contribution in [2.45, 2.75) is 0 Å². The monoisotopic (exact) mass is 659 g/mol. The van der Waals surface area contributed by atoms with E-state index in [0.717, 1.165) is 45.0 Å². The Morgan fingerprint density at radius 1 is 0.378 bits per heavy atom. The molecular weight excluding hydrogens is 633 g/mol. The Morgan fingerprint density at radius 2 is 0.676 bits per heavy atom. The van der Waals surface area contributed by atoms with Crippen molar-refractivity contribution in [2.24, 2.45) is 0 Å². The number of hydrogen-bond donors (Lipinski definition) is 0. The van der Waals surface area contributed by atoms with Gasteiger partial charge in [-0.2, -0.15) is 0 Å². The van der Waals surface area contributed by atoms with Gasteiger partial charge >= 0.3 is 20.1 Å². The summed E-state index contributed by atoms with van der Waals surface area (Å²) in [6.45, 7) is 0. The standard InChI is InChI=1S/2C16H12N2.Ir/c2*1-3-7-13(8-4-1)15-11-16(18-12-17-15)14-9-5-2-6-10-14;/h2*1-12H;/q;;+3/p+2. The second kappa shape index (κ2) is 13.1. The molecule has 2 aromatic heterocycles. The third-order valence-electron chi connectivity index (χ3n) is 5.72. The van der Waals surface area contributed by atoms with Gasteiger partial charge in [0, 0.05) is 34.4 Å². The fraction of sp³-hybridized carbons (Fsp3) is 0. The molecule has 0 fully saturated rings. The molecule has 6 rings (SSSR count). The van der Waals surface area contributed by atoms with Crippen LogP contribution in [0.2, 0.25) is 0 Å². The van der Waals surface area contributed by atoms with Gasteiger partial charge in [0.1, 0.15) is 11.4 Å². The smallest absolute Gasteiger partial charge is 0.243 e. The molecule has 6 aromatic rings. The van der Waals surface area contributed by atoms with Gasteiger partial charge in [-0.1, -0.05) is 121 Å². The summed E-state index contributed by atoms with van der Waals surface area (Å²) in [4.78, 5) is 15.1. The Labute approximate surface area is 230 Å². The van der Waals surface area contributed by atoms with Crippen LogP contribution in [0.15, 0.2) is 146 Å². The number of benzene rings is 4. The van der Waals surface area contributed by atoms with Crippen molar-refractivity contribution in [3.63, 3.8) is 0 Å². The van der Waals surface area contributed by atoms with Gasteiger partial charge in [-0.15, -0.1) is 0 Å². The first kappa shape index (κ1) is 25.8. The van der Waals surface area contributed by atoms with E-state index in [1.54, 1.807) is 12.7 Å². The SMILES string of the molecule is [Ir+3].c1ccc(-c2cc(-c3ccccc3)[nH+]cn2)cc1.c1ccc(-c2cc(-c3ccccc3)[nH+]cn2)cc1. The van der Waals surface area contributed by atoms with Crippen molar-refractivity contribution < 1.29 is 30.1 Å². The summed E-state index contributed by atoms with van der Waals surface area (Å²) in [6.07, 6.45) is 3.48. The number of nitrogens with one attached hydrogen (secondary N) is 2. The quantitative estimate of drug-likeness (QED) is 0.219. The van der Waals surface area contributed by atoms with E-state index < -0.39 is 0 Å². The first-order valence-corrected chi connectivity index (χ1v) is 11.8. The second-order valence-electron chi connectivity index (χ2n) is 8.16. The molecular formula is C32H26IrN4+5. The van der Waals surface area contributed by atoms with E-state index in [0.29, 0.717) is 0 Å². The fourth-order valence-electron chi connectivity index (χ4n) is 3.88. The minimum Gasteiger partial charge on any atom is -0.243 e. The van der Waals surface area contributed by atoms with Gasteiger partial charge in [0.2, 0.25) is 0 Å². The predicted octanol–water partition coefficient (Wildman–Crippen LogP) is 6.46. The molecule has 0 radical (unpaired) electrons. The first-order valence-electron chi connectivity index (χ1n) is 11.8. The van der Waals surface area contributed by atoms with E-state index in [1.165, 1.54) is 0 Å². The Bertz CT molecular complexity index is 1280. The zero-order valence-corrected chi connectivity index (χ0v) is 22.5. The average molecular weight is 659 g/mol. The van der Waals surface area contributed by atoms with E-state index in [9.17, 15) is 0 Å². The molecule has 0 saturated heterocycles. The summed E-state index contributed by atoms with van der Waals surface area (Å²) >= 11 is 0. The van der Waals surface area contributed by atoms with Gasteiger partial charge in [0.05, 0.1) is 0 Å². The van der Waals surface area contributed by atoms with E-state index >= 15 is 0 Å². The van der Waals surface area contributed by atoms with Crippen LogP contribution in [0.1, 0.15) is 0 Å². The Kier molecular flexibility index (Phi) is 9.14. The van der Waals surface area contributed by atoms with Crippen LogP contribution >= 0.6 is 0 Å². The predicted molar refractivity (Wildman–Crippen MR) is 143 cm³/mol. The normalized spacial score (nSPS) is 9.95. The van der Waals surface area contributed by atoms with Crippen LogP contribution in [0.4, 0.5) is 0 Å². The molecule has 4 nitrogen and oxygen atoms in total. The van der Waals surface area contributed by atoms with Crippen LogP contribution in [0.3, 0.4) is 0 Å². The molecule has 2 N–H and O–H groups in total. The van der Waals surface area contributed by atoms with Gasteiger partial charge in [-0.3, -0.25) is 0 Å². The topological polar surface area (TPSA) is 54.1 Å². The summed E-state index contributed by atoms with van der Waals surface area (Å²) in [6, 6.07) is 45.0. The molecule has 4 aromatic carbocycles. The summed E-state index contributed by atoms with van der Waals surface area (Å²) < 4.78 is 0. The molecule has 37 heavy (non-hydrogen) atoms. The van der Waals surface area contributed by atoms with Gasteiger partial charge in [0.15, 0.2) is 11.4 Å². The maximum absolute atomic E-state index is 4.38. The van der Waals surface area contributed by atoms with E-state index in [4.69, 9.17) is 0 Å². The van der Waals surface area contributed by atoms with E-state index in [2.05, 4.69) is 80.6 Å². The van der Waals surface area contributed by atoms with Crippen molar-refractivity contribution >= 4 is 0 Å². The van der Waals surface area contributed by atoms with Gasteiger partial charge in [0.25, 0.3) is 12.7 Å². The largest absolute Gasteiger partial charge is 3.00 e. The van der Waals surface area contributed by atoms with Crippen LogP contribution in [-0.4, -0.2) is 9.97 Å². The van der Waals surface area contributed by atoms with Crippen molar-refractivity contribution in [1.29, 1.82) is 0 Å². The molecule has 0 aliphatic carbocycles.